The van der Waals surface area contributed by atoms with E-state index in [0.717, 1.165) is 0 Å². The second-order valence-electron chi connectivity index (χ2n) is 1.03. The molecule has 0 aromatic rings. The number of nitrogens with two attached hydrogens (primary N) is 1. The van der Waals surface area contributed by atoms with Gasteiger partial charge in [0.25, 0.3) is 0 Å². The molecule has 5 heteroatoms. The summed E-state index contributed by atoms with van der Waals surface area (Å²) in [6, 6.07) is 0. The minimum absolute atomic E-state index is 0.568. The van der Waals surface area contributed by atoms with Gasteiger partial charge >= 0.3 is 11.8 Å². The molecule has 0 aromatic heterocycles. The van der Waals surface area contributed by atoms with Crippen LogP contribution in [0.5, 0.6) is 0 Å². The number of hydrogen-bond donors (Lipinski definition) is 3. The summed E-state index contributed by atoms with van der Waals surface area (Å²) < 4.78 is 0. The number of carbonyl (C=O) groups is 2. The number of rotatable bonds is 1. The fourth-order valence-corrected chi connectivity index (χ4v) is 0.159. The average Bonchev–Trinajstić information content (AvgIpc) is 1.67. The van der Waals surface area contributed by atoms with Crippen molar-refractivity contribution >= 4 is 11.8 Å². The van der Waals surface area contributed by atoms with Crippen molar-refractivity contribution in [3.05, 3.63) is 0 Å². The Hall–Kier alpha value is -1.10. The molecule has 0 aromatic carbocycles. The Morgan fingerprint density at radius 2 is 2.12 bits per heavy atom. The van der Waals surface area contributed by atoms with Crippen LogP contribution in [0.3, 0.4) is 0 Å². The summed E-state index contributed by atoms with van der Waals surface area (Å²) in [5.41, 5.74) is 4.46. The summed E-state index contributed by atoms with van der Waals surface area (Å²) in [5, 5.41) is 9.73. The zero-order valence-corrected chi connectivity index (χ0v) is 4.05. The normalized spacial score (nSPS) is 8.12. The van der Waals surface area contributed by atoms with Crippen molar-refractivity contribution < 1.29 is 14.7 Å². The zero-order chi connectivity index (χ0) is 6.57. The van der Waals surface area contributed by atoms with Gasteiger partial charge in [0.05, 0.1) is 0 Å². The van der Waals surface area contributed by atoms with Crippen LogP contribution >= 0.6 is 0 Å². The number of primary amides is 1. The number of nitrogens with one attached hydrogen (secondary N) is 1. The largest absolute Gasteiger partial charge is 0.376 e. The lowest BCUT2D eigenvalue weighted by Gasteiger charge is -1.92. The molecule has 0 saturated carbocycles. The van der Waals surface area contributed by atoms with Crippen molar-refractivity contribution in [1.82, 2.24) is 5.32 Å². The molecule has 0 atom stereocenters. The third-order valence-electron chi connectivity index (χ3n) is 0.463. The van der Waals surface area contributed by atoms with Crippen LogP contribution in [0.2, 0.25) is 0 Å². The lowest BCUT2D eigenvalue weighted by Crippen LogP contribution is -2.36. The molecule has 0 bridgehead atoms. The lowest BCUT2D eigenvalue weighted by atomic mass is 10.6. The molecule has 0 saturated heterocycles. The minimum Gasteiger partial charge on any atom is -0.376 e. The highest BCUT2D eigenvalue weighted by Gasteiger charge is 2.04. The van der Waals surface area contributed by atoms with Gasteiger partial charge in [0.1, 0.15) is 6.73 Å². The van der Waals surface area contributed by atoms with E-state index in [2.05, 4.69) is 5.73 Å². The van der Waals surface area contributed by atoms with Crippen molar-refractivity contribution in [2.45, 2.75) is 0 Å². The molecule has 0 fully saturated rings. The predicted octanol–water partition coefficient (Wildman–Crippen LogP) is -2.46. The molecule has 8 heavy (non-hydrogen) atoms. The summed E-state index contributed by atoms with van der Waals surface area (Å²) in [4.78, 5) is 19.8. The average molecular weight is 118 g/mol. The van der Waals surface area contributed by atoms with E-state index in [0.29, 0.717) is 0 Å². The Kier molecular flexibility index (Phi) is 2.57. The van der Waals surface area contributed by atoms with Gasteiger partial charge in [-0.3, -0.25) is 9.59 Å². The lowest BCUT2D eigenvalue weighted by molar-refractivity contribution is -0.138. The van der Waals surface area contributed by atoms with Gasteiger partial charge in [-0.15, -0.1) is 0 Å². The van der Waals surface area contributed by atoms with E-state index in [4.69, 9.17) is 5.11 Å². The molecule has 0 aliphatic heterocycles. The highest BCUT2D eigenvalue weighted by atomic mass is 16.3. The molecule has 4 N–H and O–H groups in total. The predicted molar refractivity (Wildman–Crippen MR) is 24.4 cm³/mol. The number of amides is 2. The molecular weight excluding hydrogens is 112 g/mol. The maximum atomic E-state index is 10.00. The minimum atomic E-state index is -1.10. The van der Waals surface area contributed by atoms with Gasteiger partial charge in [0, 0.05) is 0 Å². The summed E-state index contributed by atoms with van der Waals surface area (Å²) in [6.45, 7) is -0.568. The number of hydrogen-bond acceptors (Lipinski definition) is 3. The molecule has 0 radical (unpaired) electrons. The van der Waals surface area contributed by atoms with Crippen LogP contribution in [-0.2, 0) is 9.59 Å². The summed E-state index contributed by atoms with van der Waals surface area (Å²) >= 11 is 0. The first kappa shape index (κ1) is 6.90. The summed E-state index contributed by atoms with van der Waals surface area (Å²) in [6.07, 6.45) is 0. The maximum Gasteiger partial charge on any atom is 0.310 e. The highest BCUT2D eigenvalue weighted by Crippen LogP contribution is 1.57. The molecule has 0 unspecified atom stereocenters. The van der Waals surface area contributed by atoms with E-state index in [1.54, 1.807) is 5.32 Å². The van der Waals surface area contributed by atoms with E-state index < -0.39 is 18.5 Å². The number of carbonyl (C=O) groups excluding carboxylic acids is 2. The van der Waals surface area contributed by atoms with Crippen molar-refractivity contribution in [1.29, 1.82) is 0 Å². The fourth-order valence-electron chi connectivity index (χ4n) is 0.159. The van der Waals surface area contributed by atoms with Crippen molar-refractivity contribution in [2.24, 2.45) is 5.73 Å². The van der Waals surface area contributed by atoms with Crippen LogP contribution in [0, 0.1) is 0 Å². The zero-order valence-electron chi connectivity index (χ0n) is 4.05. The Balaban J connectivity index is 3.49. The molecule has 5 nitrogen and oxygen atoms in total. The van der Waals surface area contributed by atoms with Crippen molar-refractivity contribution in [3.8, 4) is 0 Å². The molecule has 0 aliphatic carbocycles. The second kappa shape index (κ2) is 2.98. The highest BCUT2D eigenvalue weighted by molar-refractivity contribution is 6.34. The first-order valence-electron chi connectivity index (χ1n) is 1.87. The molecule has 0 spiro atoms. The number of aliphatic hydroxyl groups excluding tert-OH is 1. The van der Waals surface area contributed by atoms with Gasteiger partial charge in [-0.2, -0.15) is 0 Å². The first-order chi connectivity index (χ1) is 3.68. The smallest absolute Gasteiger partial charge is 0.310 e. The first-order valence-corrected chi connectivity index (χ1v) is 1.87. The van der Waals surface area contributed by atoms with Crippen LogP contribution < -0.4 is 11.1 Å². The van der Waals surface area contributed by atoms with Crippen LogP contribution in [0.15, 0.2) is 0 Å². The topological polar surface area (TPSA) is 92.4 Å². The second-order valence-corrected chi connectivity index (χ2v) is 1.03. The molecule has 0 aliphatic rings. The molecule has 46 valence electrons. The Labute approximate surface area is 45.5 Å². The van der Waals surface area contributed by atoms with E-state index in [9.17, 15) is 9.59 Å². The summed E-state index contributed by atoms with van der Waals surface area (Å²) in [7, 11) is 0. The Morgan fingerprint density at radius 3 is 2.25 bits per heavy atom. The third kappa shape index (κ3) is 2.14. The van der Waals surface area contributed by atoms with E-state index in [-0.39, 0.29) is 0 Å². The van der Waals surface area contributed by atoms with Crippen molar-refractivity contribution in [2.75, 3.05) is 6.73 Å². The Bertz CT molecular complexity index is 111. The van der Waals surface area contributed by atoms with Gasteiger partial charge < -0.3 is 16.2 Å². The van der Waals surface area contributed by atoms with Gasteiger partial charge in [-0.1, -0.05) is 0 Å². The Morgan fingerprint density at radius 1 is 1.62 bits per heavy atom. The van der Waals surface area contributed by atoms with Crippen LogP contribution in [0.1, 0.15) is 0 Å². The molecule has 2 amide bonds. The quantitative estimate of drug-likeness (QED) is 0.263. The molecule has 0 rings (SSSR count). The van der Waals surface area contributed by atoms with E-state index in [1.807, 2.05) is 0 Å². The maximum absolute atomic E-state index is 10.00. The fraction of sp³-hybridized carbons (Fsp3) is 0.333. The van der Waals surface area contributed by atoms with Crippen LogP contribution in [-0.4, -0.2) is 23.7 Å². The molecular formula is C3H6N2O3. The summed E-state index contributed by atoms with van der Waals surface area (Å²) in [5.74, 6) is -2.08. The van der Waals surface area contributed by atoms with Crippen LogP contribution in [0.25, 0.3) is 0 Å². The third-order valence-corrected chi connectivity index (χ3v) is 0.463. The van der Waals surface area contributed by atoms with Gasteiger partial charge in [0.15, 0.2) is 0 Å². The number of aliphatic hydroxyl groups is 1. The monoisotopic (exact) mass is 118 g/mol. The SMILES string of the molecule is NC(=O)C(=O)NCO. The van der Waals surface area contributed by atoms with E-state index in [1.165, 1.54) is 0 Å². The van der Waals surface area contributed by atoms with Gasteiger partial charge in [0.2, 0.25) is 0 Å². The van der Waals surface area contributed by atoms with Crippen molar-refractivity contribution in [3.63, 3.8) is 0 Å². The van der Waals surface area contributed by atoms with Gasteiger partial charge in [-0.05, 0) is 0 Å². The molecule has 0 heterocycles. The van der Waals surface area contributed by atoms with Gasteiger partial charge in [-0.25, -0.2) is 0 Å². The standard InChI is InChI=1S/C3H6N2O3/c4-2(7)3(8)5-1-6/h6H,1H2,(H2,4,7)(H,5,8). The van der Waals surface area contributed by atoms with E-state index >= 15 is 0 Å². The van der Waals surface area contributed by atoms with Crippen LogP contribution in [0.4, 0.5) is 0 Å².